The summed E-state index contributed by atoms with van der Waals surface area (Å²) in [5.74, 6) is -1.12. The van der Waals surface area contributed by atoms with Crippen LogP contribution in [-0.2, 0) is 20.7 Å². The van der Waals surface area contributed by atoms with Crippen LogP contribution in [0.1, 0.15) is 5.69 Å². The smallest absolute Gasteiger partial charge is 0.312 e. The van der Waals surface area contributed by atoms with E-state index in [1.807, 2.05) is 6.07 Å². The predicted molar refractivity (Wildman–Crippen MR) is 93.8 cm³/mol. The van der Waals surface area contributed by atoms with Crippen molar-refractivity contribution < 1.29 is 18.8 Å². The zero-order valence-electron chi connectivity index (χ0n) is 12.8. The lowest BCUT2D eigenvalue weighted by Crippen LogP contribution is -2.21. The molecule has 3 rings (SSSR count). The van der Waals surface area contributed by atoms with Crippen LogP contribution in [0.4, 0.5) is 5.69 Å². The standard InChI is InChI=1S/C17H12Cl2N2O4/c18-10-5-6-12(19)14(7-10)20-16(22)9-24-17(23)8-13-11-3-1-2-4-15(11)25-21-13/h1-7H,8-9H2,(H,20,22). The number of carbonyl (C=O) groups excluding carboxylic acids is 2. The molecular formula is C17H12Cl2N2O4. The quantitative estimate of drug-likeness (QED) is 0.681. The first kappa shape index (κ1) is 17.3. The van der Waals surface area contributed by atoms with Crippen molar-refractivity contribution in [3.63, 3.8) is 0 Å². The summed E-state index contributed by atoms with van der Waals surface area (Å²) in [5.41, 5.74) is 1.38. The van der Waals surface area contributed by atoms with E-state index in [-0.39, 0.29) is 6.42 Å². The summed E-state index contributed by atoms with van der Waals surface area (Å²) < 4.78 is 10.1. The van der Waals surface area contributed by atoms with E-state index in [9.17, 15) is 9.59 Å². The van der Waals surface area contributed by atoms with E-state index < -0.39 is 18.5 Å². The number of halogens is 2. The van der Waals surface area contributed by atoms with Gasteiger partial charge in [0, 0.05) is 10.4 Å². The number of anilines is 1. The first-order chi connectivity index (χ1) is 12.0. The van der Waals surface area contributed by atoms with E-state index in [0.717, 1.165) is 5.39 Å². The third-order valence-electron chi connectivity index (χ3n) is 3.33. The molecule has 0 atom stereocenters. The Labute approximate surface area is 152 Å². The van der Waals surface area contributed by atoms with E-state index in [4.69, 9.17) is 32.5 Å². The number of hydrogen-bond acceptors (Lipinski definition) is 5. The largest absolute Gasteiger partial charge is 0.455 e. The number of nitrogens with one attached hydrogen (secondary N) is 1. The molecule has 1 aromatic heterocycles. The molecule has 0 aliphatic carbocycles. The van der Waals surface area contributed by atoms with Crippen molar-refractivity contribution >= 4 is 51.7 Å². The highest BCUT2D eigenvalue weighted by atomic mass is 35.5. The van der Waals surface area contributed by atoms with Gasteiger partial charge in [-0.25, -0.2) is 0 Å². The van der Waals surface area contributed by atoms with Gasteiger partial charge in [-0.1, -0.05) is 40.5 Å². The SMILES string of the molecule is O=C(COC(=O)Cc1noc2ccccc12)Nc1cc(Cl)ccc1Cl. The normalized spacial score (nSPS) is 10.6. The third kappa shape index (κ3) is 4.29. The molecule has 6 nitrogen and oxygen atoms in total. The molecule has 0 saturated heterocycles. The van der Waals surface area contributed by atoms with Crippen molar-refractivity contribution in [1.82, 2.24) is 5.16 Å². The van der Waals surface area contributed by atoms with E-state index >= 15 is 0 Å². The first-order valence-corrected chi connectivity index (χ1v) is 8.02. The maximum Gasteiger partial charge on any atom is 0.312 e. The average molecular weight is 379 g/mol. The number of esters is 1. The van der Waals surface area contributed by atoms with Crippen LogP contribution in [0.15, 0.2) is 47.0 Å². The molecule has 1 heterocycles. The summed E-state index contributed by atoms with van der Waals surface area (Å²) in [6.45, 7) is -0.447. The molecule has 0 spiro atoms. The van der Waals surface area contributed by atoms with Crippen LogP contribution in [0.2, 0.25) is 10.0 Å². The minimum Gasteiger partial charge on any atom is -0.455 e. The molecule has 25 heavy (non-hydrogen) atoms. The molecule has 0 saturated carbocycles. The van der Waals surface area contributed by atoms with Gasteiger partial charge in [0.1, 0.15) is 5.69 Å². The lowest BCUT2D eigenvalue weighted by Gasteiger charge is -2.08. The van der Waals surface area contributed by atoms with E-state index in [0.29, 0.717) is 27.0 Å². The summed E-state index contributed by atoms with van der Waals surface area (Å²) in [4.78, 5) is 23.8. The maximum atomic E-state index is 11.9. The van der Waals surface area contributed by atoms with Gasteiger partial charge in [0.2, 0.25) is 0 Å². The number of benzene rings is 2. The summed E-state index contributed by atoms with van der Waals surface area (Å²) in [6, 6.07) is 11.8. The Morgan fingerprint density at radius 2 is 1.96 bits per heavy atom. The Balaban J connectivity index is 1.55. The van der Waals surface area contributed by atoms with Crippen LogP contribution in [0.3, 0.4) is 0 Å². The average Bonchev–Trinajstić information content (AvgIpc) is 2.99. The zero-order chi connectivity index (χ0) is 17.8. The van der Waals surface area contributed by atoms with Crippen molar-refractivity contribution in [3.05, 3.63) is 58.2 Å². The van der Waals surface area contributed by atoms with Gasteiger partial charge < -0.3 is 14.6 Å². The van der Waals surface area contributed by atoms with Gasteiger partial charge >= 0.3 is 5.97 Å². The van der Waals surface area contributed by atoms with Crippen molar-refractivity contribution in [2.24, 2.45) is 0 Å². The molecular weight excluding hydrogens is 367 g/mol. The minimum absolute atomic E-state index is 0.0950. The molecule has 0 radical (unpaired) electrons. The number of ether oxygens (including phenoxy) is 1. The van der Waals surface area contributed by atoms with Gasteiger partial charge in [-0.05, 0) is 30.3 Å². The topological polar surface area (TPSA) is 81.4 Å². The number of carbonyl (C=O) groups is 2. The van der Waals surface area contributed by atoms with E-state index in [1.54, 1.807) is 30.3 Å². The Morgan fingerprint density at radius 3 is 2.80 bits per heavy atom. The van der Waals surface area contributed by atoms with Crippen molar-refractivity contribution in [2.75, 3.05) is 11.9 Å². The monoisotopic (exact) mass is 378 g/mol. The fraction of sp³-hybridized carbons (Fsp3) is 0.118. The van der Waals surface area contributed by atoms with E-state index in [1.165, 1.54) is 6.07 Å². The number of rotatable bonds is 5. The Hall–Kier alpha value is -2.57. The van der Waals surface area contributed by atoms with Gasteiger partial charge in [-0.3, -0.25) is 9.59 Å². The number of hydrogen-bond donors (Lipinski definition) is 1. The van der Waals surface area contributed by atoms with Crippen LogP contribution in [0.5, 0.6) is 0 Å². The van der Waals surface area contributed by atoms with Crippen LogP contribution < -0.4 is 5.32 Å². The lowest BCUT2D eigenvalue weighted by molar-refractivity contribution is -0.146. The number of nitrogens with zero attached hydrogens (tertiary/aromatic N) is 1. The van der Waals surface area contributed by atoms with Crippen molar-refractivity contribution in [2.45, 2.75) is 6.42 Å². The van der Waals surface area contributed by atoms with Crippen LogP contribution in [-0.4, -0.2) is 23.6 Å². The zero-order valence-corrected chi connectivity index (χ0v) is 14.3. The molecule has 0 unspecified atom stereocenters. The molecule has 8 heteroatoms. The van der Waals surface area contributed by atoms with Gasteiger partial charge in [-0.2, -0.15) is 0 Å². The fourth-order valence-corrected chi connectivity index (χ4v) is 2.52. The summed E-state index contributed by atoms with van der Waals surface area (Å²) in [5, 5.41) is 7.86. The van der Waals surface area contributed by atoms with Gasteiger partial charge in [-0.15, -0.1) is 0 Å². The van der Waals surface area contributed by atoms with Crippen molar-refractivity contribution in [3.8, 4) is 0 Å². The van der Waals surface area contributed by atoms with Gasteiger partial charge in [0.15, 0.2) is 12.2 Å². The molecule has 0 bridgehead atoms. The second-order valence-corrected chi connectivity index (χ2v) is 5.98. The van der Waals surface area contributed by atoms with Crippen LogP contribution in [0, 0.1) is 0 Å². The summed E-state index contributed by atoms with van der Waals surface area (Å²) >= 11 is 11.8. The number of fused-ring (bicyclic) bond motifs is 1. The Bertz CT molecular complexity index is 939. The Kier molecular flexibility index (Phi) is 5.21. The maximum absolute atomic E-state index is 11.9. The number of para-hydroxylation sites is 1. The molecule has 128 valence electrons. The molecule has 0 aliphatic rings. The molecule has 1 amide bonds. The third-order valence-corrected chi connectivity index (χ3v) is 3.90. The highest BCUT2D eigenvalue weighted by molar-refractivity contribution is 6.35. The van der Waals surface area contributed by atoms with Crippen LogP contribution >= 0.6 is 23.2 Å². The fourth-order valence-electron chi connectivity index (χ4n) is 2.18. The molecule has 0 aliphatic heterocycles. The van der Waals surface area contributed by atoms with Crippen molar-refractivity contribution in [1.29, 1.82) is 0 Å². The second-order valence-electron chi connectivity index (χ2n) is 5.14. The highest BCUT2D eigenvalue weighted by Crippen LogP contribution is 2.25. The predicted octanol–water partition coefficient (Wildman–Crippen LogP) is 3.86. The minimum atomic E-state index is -0.591. The first-order valence-electron chi connectivity index (χ1n) is 7.27. The highest BCUT2D eigenvalue weighted by Gasteiger charge is 2.15. The van der Waals surface area contributed by atoms with E-state index in [2.05, 4.69) is 10.5 Å². The molecule has 3 aromatic rings. The lowest BCUT2D eigenvalue weighted by atomic mass is 10.2. The molecule has 1 N–H and O–H groups in total. The summed E-state index contributed by atoms with van der Waals surface area (Å²) in [6.07, 6.45) is -0.0950. The molecule has 0 fully saturated rings. The number of amides is 1. The van der Waals surface area contributed by atoms with Gasteiger partial charge in [0.05, 0.1) is 17.1 Å². The molecule has 2 aromatic carbocycles. The van der Waals surface area contributed by atoms with Gasteiger partial charge in [0.25, 0.3) is 5.91 Å². The number of aromatic nitrogens is 1. The van der Waals surface area contributed by atoms with Crippen LogP contribution in [0.25, 0.3) is 11.0 Å². The second kappa shape index (κ2) is 7.55. The summed E-state index contributed by atoms with van der Waals surface area (Å²) in [7, 11) is 0. The Morgan fingerprint density at radius 1 is 1.16 bits per heavy atom.